The zero-order chi connectivity index (χ0) is 12.3. The van der Waals surface area contributed by atoms with E-state index in [9.17, 15) is 0 Å². The van der Waals surface area contributed by atoms with Gasteiger partial charge in [-0.05, 0) is 38.5 Å². The largest absolute Gasteiger partial charge is 0.490 e. The summed E-state index contributed by atoms with van der Waals surface area (Å²) in [6, 6.07) is 6.91. The van der Waals surface area contributed by atoms with E-state index >= 15 is 0 Å². The van der Waals surface area contributed by atoms with E-state index in [0.29, 0.717) is 12.1 Å². The highest BCUT2D eigenvalue weighted by Gasteiger charge is 2.26. The molecule has 2 atom stereocenters. The van der Waals surface area contributed by atoms with Gasteiger partial charge in [-0.3, -0.25) is 0 Å². The van der Waals surface area contributed by atoms with E-state index in [1.54, 1.807) is 0 Å². The molecule has 0 radical (unpaired) electrons. The Hall–Kier alpha value is -0.670. The molecule has 1 aromatic rings. The molecular formula is C14H21NOS. The molecule has 0 saturated carbocycles. The van der Waals surface area contributed by atoms with E-state index in [1.165, 1.54) is 16.9 Å². The maximum absolute atomic E-state index is 6.07. The van der Waals surface area contributed by atoms with Gasteiger partial charge in [-0.25, -0.2) is 0 Å². The molecule has 0 saturated heterocycles. The third-order valence-corrected chi connectivity index (χ3v) is 3.97. The first kappa shape index (κ1) is 12.8. The molecular weight excluding hydrogens is 230 g/mol. The van der Waals surface area contributed by atoms with Crippen molar-refractivity contribution in [2.75, 3.05) is 19.1 Å². The Bertz CT molecular complexity index is 380. The van der Waals surface area contributed by atoms with Crippen molar-refractivity contribution < 1.29 is 4.74 Å². The second kappa shape index (κ2) is 5.78. The molecule has 94 valence electrons. The van der Waals surface area contributed by atoms with Crippen LogP contribution in [-0.4, -0.2) is 25.2 Å². The number of hydrogen-bond acceptors (Lipinski definition) is 3. The number of aryl methyl sites for hydroxylation is 1. The van der Waals surface area contributed by atoms with Gasteiger partial charge >= 0.3 is 0 Å². The first-order valence-electron chi connectivity index (χ1n) is 6.18. The average Bonchev–Trinajstić information content (AvgIpc) is 2.35. The highest BCUT2D eigenvalue weighted by Crippen LogP contribution is 2.36. The lowest BCUT2D eigenvalue weighted by Crippen LogP contribution is -2.31. The standard InChI is InChI=1S/C14H21NOS/c1-10-4-5-14-12(8-10)13(15-2)9-11(16-14)6-7-17-3/h4-5,8,11,13,15H,6-7,9H2,1-3H3. The van der Waals surface area contributed by atoms with Crippen LogP contribution >= 0.6 is 11.8 Å². The minimum absolute atomic E-state index is 0.357. The van der Waals surface area contributed by atoms with Gasteiger partial charge in [0.05, 0.1) is 0 Å². The Morgan fingerprint density at radius 3 is 3.00 bits per heavy atom. The predicted octanol–water partition coefficient (Wildman–Crippen LogP) is 3.16. The molecule has 2 rings (SSSR count). The molecule has 0 amide bonds. The smallest absolute Gasteiger partial charge is 0.124 e. The minimum atomic E-state index is 0.357. The first-order valence-corrected chi connectivity index (χ1v) is 7.57. The molecule has 1 heterocycles. The molecule has 17 heavy (non-hydrogen) atoms. The van der Waals surface area contributed by atoms with E-state index in [1.807, 2.05) is 18.8 Å². The topological polar surface area (TPSA) is 21.3 Å². The quantitative estimate of drug-likeness (QED) is 0.888. The monoisotopic (exact) mass is 251 g/mol. The summed E-state index contributed by atoms with van der Waals surface area (Å²) in [6.07, 6.45) is 4.71. The summed E-state index contributed by atoms with van der Waals surface area (Å²) in [4.78, 5) is 0. The van der Waals surface area contributed by atoms with Crippen LogP contribution in [0.15, 0.2) is 18.2 Å². The molecule has 1 aliphatic rings. The van der Waals surface area contributed by atoms with Gasteiger partial charge in [0.15, 0.2) is 0 Å². The van der Waals surface area contributed by atoms with Gasteiger partial charge < -0.3 is 10.1 Å². The van der Waals surface area contributed by atoms with Crippen LogP contribution in [0.4, 0.5) is 0 Å². The van der Waals surface area contributed by atoms with Crippen molar-refractivity contribution in [1.29, 1.82) is 0 Å². The Morgan fingerprint density at radius 1 is 1.47 bits per heavy atom. The van der Waals surface area contributed by atoms with Crippen molar-refractivity contribution in [3.05, 3.63) is 29.3 Å². The Labute approximate surface area is 108 Å². The number of rotatable bonds is 4. The van der Waals surface area contributed by atoms with Crippen LogP contribution < -0.4 is 10.1 Å². The van der Waals surface area contributed by atoms with Gasteiger partial charge in [0.1, 0.15) is 11.9 Å². The molecule has 1 N–H and O–H groups in total. The fourth-order valence-corrected chi connectivity index (χ4v) is 2.86. The summed E-state index contributed by atoms with van der Waals surface area (Å²) in [5, 5.41) is 3.41. The van der Waals surface area contributed by atoms with Crippen LogP contribution in [0.25, 0.3) is 0 Å². The van der Waals surface area contributed by atoms with Crippen molar-refractivity contribution in [2.24, 2.45) is 0 Å². The molecule has 0 aliphatic carbocycles. The van der Waals surface area contributed by atoms with Crippen LogP contribution in [0, 0.1) is 6.92 Å². The van der Waals surface area contributed by atoms with Gasteiger partial charge in [-0.2, -0.15) is 11.8 Å². The lowest BCUT2D eigenvalue weighted by molar-refractivity contribution is 0.149. The maximum Gasteiger partial charge on any atom is 0.124 e. The van der Waals surface area contributed by atoms with Gasteiger partial charge in [0.25, 0.3) is 0 Å². The highest BCUT2D eigenvalue weighted by molar-refractivity contribution is 7.98. The average molecular weight is 251 g/mol. The van der Waals surface area contributed by atoms with Crippen molar-refractivity contribution in [3.63, 3.8) is 0 Å². The van der Waals surface area contributed by atoms with Crippen LogP contribution in [0.2, 0.25) is 0 Å². The lowest BCUT2D eigenvalue weighted by atomic mass is 9.94. The molecule has 2 nitrogen and oxygen atoms in total. The van der Waals surface area contributed by atoms with Crippen LogP contribution in [0.5, 0.6) is 5.75 Å². The van der Waals surface area contributed by atoms with Gasteiger partial charge in [0.2, 0.25) is 0 Å². The van der Waals surface area contributed by atoms with E-state index < -0.39 is 0 Å². The van der Waals surface area contributed by atoms with Gasteiger partial charge in [-0.15, -0.1) is 0 Å². The van der Waals surface area contributed by atoms with E-state index in [4.69, 9.17) is 4.74 Å². The number of nitrogens with one attached hydrogen (secondary N) is 1. The van der Waals surface area contributed by atoms with Crippen molar-refractivity contribution in [3.8, 4) is 5.75 Å². The third kappa shape index (κ3) is 2.96. The van der Waals surface area contributed by atoms with Crippen LogP contribution in [0.3, 0.4) is 0 Å². The highest BCUT2D eigenvalue weighted by atomic mass is 32.2. The SMILES string of the molecule is CNC1CC(CCSC)Oc2ccc(C)cc21. The van der Waals surface area contributed by atoms with E-state index in [2.05, 4.69) is 36.7 Å². The van der Waals surface area contributed by atoms with E-state index in [0.717, 1.165) is 18.6 Å². The molecule has 0 bridgehead atoms. The number of fused-ring (bicyclic) bond motifs is 1. The van der Waals surface area contributed by atoms with E-state index in [-0.39, 0.29) is 0 Å². The Morgan fingerprint density at radius 2 is 2.29 bits per heavy atom. The van der Waals surface area contributed by atoms with Crippen LogP contribution in [-0.2, 0) is 0 Å². The molecule has 1 aromatic carbocycles. The second-order valence-corrected chi connectivity index (χ2v) is 5.63. The summed E-state index contributed by atoms with van der Waals surface area (Å²) < 4.78 is 6.07. The summed E-state index contributed by atoms with van der Waals surface area (Å²) in [5.74, 6) is 2.23. The number of hydrogen-bond donors (Lipinski definition) is 1. The third-order valence-electron chi connectivity index (χ3n) is 3.33. The predicted molar refractivity (Wildman–Crippen MR) is 75.0 cm³/mol. The fraction of sp³-hybridized carbons (Fsp3) is 0.571. The summed E-state index contributed by atoms with van der Waals surface area (Å²) in [5.41, 5.74) is 2.61. The number of thioether (sulfide) groups is 1. The Kier molecular flexibility index (Phi) is 4.35. The normalized spacial score (nSPS) is 23.0. The molecule has 1 aliphatic heterocycles. The van der Waals surface area contributed by atoms with Crippen molar-refractivity contribution >= 4 is 11.8 Å². The summed E-state index contributed by atoms with van der Waals surface area (Å²) >= 11 is 1.89. The molecule has 2 unspecified atom stereocenters. The minimum Gasteiger partial charge on any atom is -0.490 e. The van der Waals surface area contributed by atoms with Crippen LogP contribution in [0.1, 0.15) is 30.0 Å². The van der Waals surface area contributed by atoms with Gasteiger partial charge in [0, 0.05) is 18.0 Å². The lowest BCUT2D eigenvalue weighted by Gasteiger charge is -2.32. The Balaban J connectivity index is 2.17. The number of ether oxygens (including phenoxy) is 1. The molecule has 0 fully saturated rings. The first-order chi connectivity index (χ1) is 8.24. The summed E-state index contributed by atoms with van der Waals surface area (Å²) in [7, 11) is 2.04. The number of benzene rings is 1. The zero-order valence-electron chi connectivity index (χ0n) is 10.8. The fourth-order valence-electron chi connectivity index (χ4n) is 2.36. The van der Waals surface area contributed by atoms with Gasteiger partial charge in [-0.1, -0.05) is 17.7 Å². The molecule has 0 spiro atoms. The summed E-state index contributed by atoms with van der Waals surface area (Å²) in [6.45, 7) is 2.13. The molecule has 3 heteroatoms. The maximum atomic E-state index is 6.07. The zero-order valence-corrected chi connectivity index (χ0v) is 11.6. The van der Waals surface area contributed by atoms with Crippen molar-refractivity contribution in [1.82, 2.24) is 5.32 Å². The second-order valence-electron chi connectivity index (χ2n) is 4.64. The van der Waals surface area contributed by atoms with Crippen molar-refractivity contribution in [2.45, 2.75) is 31.9 Å². The molecule has 0 aromatic heterocycles.